The molecule has 1 aliphatic carbocycles. The van der Waals surface area contributed by atoms with Crippen LogP contribution in [0.25, 0.3) is 0 Å². The minimum atomic E-state index is -0.848. The van der Waals surface area contributed by atoms with Crippen LogP contribution in [0.4, 0.5) is 8.78 Å². The highest BCUT2D eigenvalue weighted by molar-refractivity contribution is 5.37. The molecule has 0 spiro atoms. The molecule has 1 aromatic carbocycles. The Labute approximate surface area is 119 Å². The zero-order valence-electron chi connectivity index (χ0n) is 11.8. The molecule has 2 heteroatoms. The van der Waals surface area contributed by atoms with Crippen LogP contribution in [0.5, 0.6) is 0 Å². The molecule has 106 valence electrons. The van der Waals surface area contributed by atoms with Crippen molar-refractivity contribution in [2.45, 2.75) is 39.0 Å². The zero-order chi connectivity index (χ0) is 14.4. The van der Waals surface area contributed by atoms with Crippen LogP contribution in [-0.2, 0) is 0 Å². The summed E-state index contributed by atoms with van der Waals surface area (Å²) in [5.74, 6) is 5.57. The maximum absolute atomic E-state index is 13.0. The third kappa shape index (κ3) is 4.20. The fourth-order valence-corrected chi connectivity index (χ4v) is 2.67. The van der Waals surface area contributed by atoms with Crippen LogP contribution in [0.2, 0.25) is 0 Å². The van der Waals surface area contributed by atoms with Gasteiger partial charge in [-0.3, -0.25) is 0 Å². The van der Waals surface area contributed by atoms with Crippen LogP contribution in [0.15, 0.2) is 30.4 Å². The van der Waals surface area contributed by atoms with Crippen molar-refractivity contribution in [3.63, 3.8) is 0 Å². The molecule has 0 aromatic heterocycles. The molecule has 20 heavy (non-hydrogen) atoms. The number of hydrogen-bond acceptors (Lipinski definition) is 0. The van der Waals surface area contributed by atoms with Gasteiger partial charge in [-0.25, -0.2) is 8.78 Å². The summed E-state index contributed by atoms with van der Waals surface area (Å²) >= 11 is 0. The molecule has 0 heterocycles. The number of halogens is 2. The zero-order valence-corrected chi connectivity index (χ0v) is 11.8. The molecule has 0 N–H and O–H groups in total. The molecule has 0 bridgehead atoms. The molecule has 0 nitrogen and oxygen atoms in total. The fraction of sp³-hybridized carbons (Fsp3) is 0.444. The van der Waals surface area contributed by atoms with Gasteiger partial charge in [0.25, 0.3) is 0 Å². The smallest absolute Gasteiger partial charge is 0.160 e. The second kappa shape index (κ2) is 7.24. The predicted molar refractivity (Wildman–Crippen MR) is 78.1 cm³/mol. The maximum atomic E-state index is 13.0. The molecule has 1 saturated carbocycles. The van der Waals surface area contributed by atoms with Crippen molar-refractivity contribution >= 4 is 0 Å². The average Bonchev–Trinajstić information content (AvgIpc) is 2.48. The van der Waals surface area contributed by atoms with Gasteiger partial charge in [0.15, 0.2) is 11.6 Å². The third-order valence-electron chi connectivity index (χ3n) is 4.06. The Morgan fingerprint density at radius 1 is 1.15 bits per heavy atom. The molecule has 1 aromatic rings. The van der Waals surface area contributed by atoms with E-state index in [9.17, 15) is 8.78 Å². The van der Waals surface area contributed by atoms with E-state index in [4.69, 9.17) is 0 Å². The lowest BCUT2D eigenvalue weighted by Crippen LogP contribution is -2.11. The first-order valence-electron chi connectivity index (χ1n) is 7.32. The van der Waals surface area contributed by atoms with Crippen molar-refractivity contribution in [1.82, 2.24) is 0 Å². The summed E-state index contributed by atoms with van der Waals surface area (Å²) in [6, 6.07) is 3.73. The highest BCUT2D eigenvalue weighted by Gasteiger charge is 2.17. The fourth-order valence-electron chi connectivity index (χ4n) is 2.67. The lowest BCUT2D eigenvalue weighted by molar-refractivity contribution is 0.304. The summed E-state index contributed by atoms with van der Waals surface area (Å²) in [5.41, 5.74) is 0.503. The summed E-state index contributed by atoms with van der Waals surface area (Å²) < 4.78 is 25.7. The highest BCUT2D eigenvalue weighted by Crippen LogP contribution is 2.31. The topological polar surface area (TPSA) is 0 Å². The number of benzene rings is 1. The van der Waals surface area contributed by atoms with Crippen LogP contribution in [-0.4, -0.2) is 0 Å². The summed E-state index contributed by atoms with van der Waals surface area (Å²) in [7, 11) is 0. The van der Waals surface area contributed by atoms with E-state index in [0.717, 1.165) is 18.1 Å². The molecule has 1 aliphatic rings. The quantitative estimate of drug-likeness (QED) is 0.659. The van der Waals surface area contributed by atoms with Gasteiger partial charge >= 0.3 is 0 Å². The molecule has 0 aliphatic heterocycles. The van der Waals surface area contributed by atoms with E-state index >= 15 is 0 Å². The standard InChI is InChI=1S/C18H20F2/c1-2-14-7-9-15(10-8-14)5-3-4-6-16-11-12-17(19)18(20)13-16/h3,5,11-15H,2,7-10H2,1H3/b5-3+. The van der Waals surface area contributed by atoms with Crippen molar-refractivity contribution in [2.75, 3.05) is 0 Å². The maximum Gasteiger partial charge on any atom is 0.160 e. The first-order valence-corrected chi connectivity index (χ1v) is 7.32. The van der Waals surface area contributed by atoms with Crippen molar-refractivity contribution in [1.29, 1.82) is 0 Å². The van der Waals surface area contributed by atoms with E-state index < -0.39 is 11.6 Å². The lowest BCUT2D eigenvalue weighted by Gasteiger charge is -2.25. The molecule has 1 fully saturated rings. The Morgan fingerprint density at radius 2 is 1.90 bits per heavy atom. The number of hydrogen-bond donors (Lipinski definition) is 0. The van der Waals surface area contributed by atoms with Crippen LogP contribution in [0.1, 0.15) is 44.6 Å². The Bertz CT molecular complexity index is 526. The van der Waals surface area contributed by atoms with E-state index in [-0.39, 0.29) is 0 Å². The summed E-state index contributed by atoms with van der Waals surface area (Å²) in [6.07, 6.45) is 10.4. The van der Waals surface area contributed by atoms with Crippen molar-refractivity contribution in [2.24, 2.45) is 11.8 Å². The summed E-state index contributed by atoms with van der Waals surface area (Å²) in [5, 5.41) is 0. The van der Waals surface area contributed by atoms with Gasteiger partial charge < -0.3 is 0 Å². The van der Waals surface area contributed by atoms with Crippen LogP contribution in [0, 0.1) is 35.3 Å². The minimum Gasteiger partial charge on any atom is -0.204 e. The predicted octanol–water partition coefficient (Wildman–Crippen LogP) is 5.09. The van der Waals surface area contributed by atoms with Gasteiger partial charge in [0.1, 0.15) is 0 Å². The molecule has 0 amide bonds. The van der Waals surface area contributed by atoms with Gasteiger partial charge in [0.05, 0.1) is 0 Å². The monoisotopic (exact) mass is 274 g/mol. The Kier molecular flexibility index (Phi) is 5.35. The number of rotatable bonds is 2. The lowest BCUT2D eigenvalue weighted by atomic mass is 9.81. The van der Waals surface area contributed by atoms with Crippen molar-refractivity contribution in [3.05, 3.63) is 47.5 Å². The third-order valence-corrected chi connectivity index (χ3v) is 4.06. The average molecular weight is 274 g/mol. The largest absolute Gasteiger partial charge is 0.204 e. The first kappa shape index (κ1) is 14.8. The normalized spacial score (nSPS) is 22.6. The second-order valence-corrected chi connectivity index (χ2v) is 5.45. The summed E-state index contributed by atoms with van der Waals surface area (Å²) in [6.45, 7) is 2.26. The van der Waals surface area contributed by atoms with Gasteiger partial charge in [-0.05, 0) is 61.8 Å². The SMILES string of the molecule is CCC1CCC(/C=C/C#Cc2ccc(F)c(F)c2)CC1. The molecule has 2 rings (SSSR count). The Hall–Kier alpha value is -1.62. The van der Waals surface area contributed by atoms with Crippen LogP contribution < -0.4 is 0 Å². The minimum absolute atomic E-state index is 0.503. The van der Waals surface area contributed by atoms with Gasteiger partial charge in [-0.15, -0.1) is 0 Å². The van der Waals surface area contributed by atoms with E-state index in [1.54, 1.807) is 0 Å². The van der Waals surface area contributed by atoms with Crippen molar-refractivity contribution in [3.8, 4) is 11.8 Å². The van der Waals surface area contributed by atoms with Gasteiger partial charge in [-0.2, -0.15) is 0 Å². The molecule has 0 radical (unpaired) electrons. The number of allylic oxidation sites excluding steroid dienone is 2. The van der Waals surface area contributed by atoms with E-state index in [0.29, 0.717) is 11.5 Å². The first-order chi connectivity index (χ1) is 9.69. The molecular formula is C18H20F2. The molecule has 0 saturated heterocycles. The van der Waals surface area contributed by atoms with Gasteiger partial charge in [0, 0.05) is 5.56 Å². The van der Waals surface area contributed by atoms with E-state index in [2.05, 4.69) is 24.8 Å². The van der Waals surface area contributed by atoms with Gasteiger partial charge in [0.2, 0.25) is 0 Å². The Balaban J connectivity index is 1.87. The Morgan fingerprint density at radius 3 is 2.55 bits per heavy atom. The molecular weight excluding hydrogens is 254 g/mol. The van der Waals surface area contributed by atoms with E-state index in [1.165, 1.54) is 38.2 Å². The van der Waals surface area contributed by atoms with Crippen LogP contribution in [0.3, 0.4) is 0 Å². The van der Waals surface area contributed by atoms with E-state index in [1.807, 2.05) is 6.08 Å². The summed E-state index contributed by atoms with van der Waals surface area (Å²) in [4.78, 5) is 0. The highest BCUT2D eigenvalue weighted by atomic mass is 19.2. The van der Waals surface area contributed by atoms with Crippen LogP contribution >= 0.6 is 0 Å². The van der Waals surface area contributed by atoms with Gasteiger partial charge in [-0.1, -0.05) is 31.3 Å². The second-order valence-electron chi connectivity index (χ2n) is 5.45. The molecule has 0 atom stereocenters. The molecule has 0 unspecified atom stereocenters. The van der Waals surface area contributed by atoms with Crippen molar-refractivity contribution < 1.29 is 8.78 Å².